The first-order chi connectivity index (χ1) is 8.20. The number of rotatable bonds is 2. The van der Waals surface area contributed by atoms with Crippen molar-refractivity contribution in [3.05, 3.63) is 34.9 Å². The Morgan fingerprint density at radius 2 is 2.12 bits per heavy atom. The molecule has 2 rings (SSSR count). The Morgan fingerprint density at radius 3 is 2.71 bits per heavy atom. The molecule has 1 saturated heterocycles. The largest absolute Gasteiger partial charge is 0.327 e. The van der Waals surface area contributed by atoms with Gasteiger partial charge in [0, 0.05) is 24.0 Å². The number of hydrogen-bond donors (Lipinski definition) is 1. The van der Waals surface area contributed by atoms with Crippen LogP contribution >= 0.6 is 11.6 Å². The molecule has 0 aliphatic carbocycles. The van der Waals surface area contributed by atoms with E-state index in [9.17, 15) is 4.79 Å². The average molecular weight is 249 g/mol. The summed E-state index contributed by atoms with van der Waals surface area (Å²) in [7, 11) is 0. The van der Waals surface area contributed by atoms with Crippen LogP contribution in [0.1, 0.15) is 11.5 Å². The van der Waals surface area contributed by atoms with Crippen molar-refractivity contribution in [2.45, 2.75) is 5.92 Å². The maximum absolute atomic E-state index is 11.5. The molecule has 1 heterocycles. The van der Waals surface area contributed by atoms with E-state index in [0.29, 0.717) is 5.92 Å². The van der Waals surface area contributed by atoms with E-state index in [1.165, 1.54) is 5.56 Å². The Morgan fingerprint density at radius 1 is 1.47 bits per heavy atom. The molecule has 3 nitrogen and oxygen atoms in total. The van der Waals surface area contributed by atoms with Crippen LogP contribution in [0.3, 0.4) is 0 Å². The Hall–Kier alpha value is -1.66. The number of carbonyl (C=O) groups excluding carboxylic acids is 1. The van der Waals surface area contributed by atoms with E-state index in [4.69, 9.17) is 18.0 Å². The molecule has 0 bridgehead atoms. The molecule has 1 aliphatic rings. The average Bonchev–Trinajstić information content (AvgIpc) is 2.27. The molecule has 2 amide bonds. The van der Waals surface area contributed by atoms with Crippen LogP contribution in [-0.2, 0) is 0 Å². The lowest BCUT2D eigenvalue weighted by Crippen LogP contribution is -2.52. The van der Waals surface area contributed by atoms with Crippen LogP contribution in [0.5, 0.6) is 0 Å². The van der Waals surface area contributed by atoms with Gasteiger partial charge in [0.25, 0.3) is 0 Å². The summed E-state index contributed by atoms with van der Waals surface area (Å²) >= 11 is 5.82. The molecule has 1 N–H and O–H groups in total. The van der Waals surface area contributed by atoms with Crippen LogP contribution in [0.25, 0.3) is 0 Å². The molecular weight excluding hydrogens is 236 g/mol. The van der Waals surface area contributed by atoms with E-state index in [1.807, 2.05) is 24.3 Å². The molecule has 0 saturated carbocycles. The van der Waals surface area contributed by atoms with E-state index in [2.05, 4.69) is 11.2 Å². The number of likely N-dealkylation sites (tertiary alicyclic amines) is 1. The van der Waals surface area contributed by atoms with Crippen molar-refractivity contribution in [2.75, 3.05) is 19.6 Å². The van der Waals surface area contributed by atoms with Crippen LogP contribution in [0.15, 0.2) is 24.3 Å². The third-order valence-corrected chi connectivity index (χ3v) is 3.10. The fraction of sp³-hybridized carbons (Fsp3) is 0.308. The molecule has 4 heteroatoms. The first kappa shape index (κ1) is 11.8. The fourth-order valence-electron chi connectivity index (χ4n) is 1.83. The molecule has 0 atom stereocenters. The number of carbonyl (C=O) groups is 1. The van der Waals surface area contributed by atoms with Gasteiger partial charge in [-0.25, -0.2) is 4.79 Å². The summed E-state index contributed by atoms with van der Waals surface area (Å²) < 4.78 is 0. The topological polar surface area (TPSA) is 32.3 Å². The van der Waals surface area contributed by atoms with Crippen molar-refractivity contribution in [3.8, 4) is 12.3 Å². The van der Waals surface area contributed by atoms with Gasteiger partial charge in [0.15, 0.2) is 0 Å². The predicted molar refractivity (Wildman–Crippen MR) is 68.0 cm³/mol. The Labute approximate surface area is 106 Å². The summed E-state index contributed by atoms with van der Waals surface area (Å²) in [6, 6.07) is 7.66. The standard InChI is InChI=1S/C13H13ClN2O/c1-2-7-15-13(17)16-8-11(9-16)10-3-5-12(14)6-4-10/h1,3-6,11H,7-9H2,(H,15,17). The molecule has 0 radical (unpaired) electrons. The van der Waals surface area contributed by atoms with Crippen LogP contribution in [-0.4, -0.2) is 30.6 Å². The quantitative estimate of drug-likeness (QED) is 0.799. The highest BCUT2D eigenvalue weighted by molar-refractivity contribution is 6.30. The lowest BCUT2D eigenvalue weighted by molar-refractivity contribution is 0.152. The first-order valence-corrected chi connectivity index (χ1v) is 5.80. The van der Waals surface area contributed by atoms with Gasteiger partial charge in [-0.05, 0) is 17.7 Å². The normalized spacial score (nSPS) is 14.9. The molecule has 0 aromatic heterocycles. The summed E-state index contributed by atoms with van der Waals surface area (Å²) in [4.78, 5) is 13.3. The van der Waals surface area contributed by atoms with Crippen molar-refractivity contribution < 1.29 is 4.79 Å². The molecule has 1 aromatic carbocycles. The third-order valence-electron chi connectivity index (χ3n) is 2.85. The minimum Gasteiger partial charge on any atom is -0.327 e. The maximum Gasteiger partial charge on any atom is 0.318 e. The van der Waals surface area contributed by atoms with E-state index in [-0.39, 0.29) is 12.6 Å². The van der Waals surface area contributed by atoms with Gasteiger partial charge in [0.2, 0.25) is 0 Å². The highest BCUT2D eigenvalue weighted by atomic mass is 35.5. The minimum atomic E-state index is -0.0897. The van der Waals surface area contributed by atoms with E-state index in [0.717, 1.165) is 18.1 Å². The van der Waals surface area contributed by atoms with E-state index >= 15 is 0 Å². The Balaban J connectivity index is 1.84. The summed E-state index contributed by atoms with van der Waals surface area (Å²) in [6.07, 6.45) is 5.07. The molecular formula is C13H13ClN2O. The van der Waals surface area contributed by atoms with E-state index < -0.39 is 0 Å². The highest BCUT2D eigenvalue weighted by Crippen LogP contribution is 2.27. The van der Waals surface area contributed by atoms with Gasteiger partial charge < -0.3 is 10.2 Å². The molecule has 1 fully saturated rings. The van der Waals surface area contributed by atoms with Crippen molar-refractivity contribution in [2.24, 2.45) is 0 Å². The predicted octanol–water partition coefficient (Wildman–Crippen LogP) is 2.08. The zero-order chi connectivity index (χ0) is 12.3. The third kappa shape index (κ3) is 2.72. The van der Waals surface area contributed by atoms with Gasteiger partial charge in [-0.2, -0.15) is 0 Å². The van der Waals surface area contributed by atoms with Crippen molar-refractivity contribution in [1.82, 2.24) is 10.2 Å². The molecule has 88 valence electrons. The van der Waals surface area contributed by atoms with Gasteiger partial charge >= 0.3 is 6.03 Å². The van der Waals surface area contributed by atoms with Crippen molar-refractivity contribution in [1.29, 1.82) is 0 Å². The van der Waals surface area contributed by atoms with Gasteiger partial charge in [-0.15, -0.1) is 6.42 Å². The summed E-state index contributed by atoms with van der Waals surface area (Å²) in [6.45, 7) is 1.75. The SMILES string of the molecule is C#CCNC(=O)N1CC(c2ccc(Cl)cc2)C1. The van der Waals surface area contributed by atoms with E-state index in [1.54, 1.807) is 4.90 Å². The number of benzene rings is 1. The van der Waals surface area contributed by atoms with Crippen LogP contribution in [0.4, 0.5) is 4.79 Å². The van der Waals surface area contributed by atoms with Crippen molar-refractivity contribution >= 4 is 17.6 Å². The Kier molecular flexibility index (Phi) is 3.55. The monoisotopic (exact) mass is 248 g/mol. The number of urea groups is 1. The second-order valence-corrected chi connectivity index (χ2v) is 4.45. The lowest BCUT2D eigenvalue weighted by Gasteiger charge is -2.39. The van der Waals surface area contributed by atoms with Crippen molar-refractivity contribution in [3.63, 3.8) is 0 Å². The smallest absolute Gasteiger partial charge is 0.318 e. The second kappa shape index (κ2) is 5.11. The number of nitrogens with one attached hydrogen (secondary N) is 1. The zero-order valence-corrected chi connectivity index (χ0v) is 10.1. The number of amides is 2. The van der Waals surface area contributed by atoms with Crippen LogP contribution in [0, 0.1) is 12.3 Å². The van der Waals surface area contributed by atoms with Gasteiger partial charge in [0.1, 0.15) is 0 Å². The van der Waals surface area contributed by atoms with Crippen LogP contribution in [0.2, 0.25) is 5.02 Å². The minimum absolute atomic E-state index is 0.0897. The molecule has 0 unspecified atom stereocenters. The van der Waals surface area contributed by atoms with Gasteiger partial charge in [-0.1, -0.05) is 29.7 Å². The molecule has 1 aliphatic heterocycles. The number of nitrogens with zero attached hydrogens (tertiary/aromatic N) is 1. The first-order valence-electron chi connectivity index (χ1n) is 5.42. The summed E-state index contributed by atoms with van der Waals surface area (Å²) in [5, 5.41) is 3.38. The zero-order valence-electron chi connectivity index (χ0n) is 9.32. The molecule has 0 spiro atoms. The Bertz CT molecular complexity index is 443. The summed E-state index contributed by atoms with van der Waals surface area (Å²) in [5.74, 6) is 2.78. The van der Waals surface area contributed by atoms with Crippen LogP contribution < -0.4 is 5.32 Å². The number of halogens is 1. The highest BCUT2D eigenvalue weighted by Gasteiger charge is 2.31. The fourth-order valence-corrected chi connectivity index (χ4v) is 1.95. The lowest BCUT2D eigenvalue weighted by atomic mass is 9.92. The van der Waals surface area contributed by atoms with Gasteiger partial charge in [0.05, 0.1) is 6.54 Å². The summed E-state index contributed by atoms with van der Waals surface area (Å²) in [5.41, 5.74) is 1.22. The maximum atomic E-state index is 11.5. The molecule has 1 aromatic rings. The molecule has 17 heavy (non-hydrogen) atoms. The number of terminal acetylenes is 1. The van der Waals surface area contributed by atoms with Gasteiger partial charge in [-0.3, -0.25) is 0 Å². The second-order valence-electron chi connectivity index (χ2n) is 4.02. The number of hydrogen-bond acceptors (Lipinski definition) is 1.